The molecule has 22 heavy (non-hydrogen) atoms. The van der Waals surface area contributed by atoms with Crippen molar-refractivity contribution in [2.45, 2.75) is 26.3 Å². The minimum absolute atomic E-state index is 0.323. The van der Waals surface area contributed by atoms with Gasteiger partial charge >= 0.3 is 0 Å². The number of allylic oxidation sites excluding steroid dienone is 1. The summed E-state index contributed by atoms with van der Waals surface area (Å²) in [6, 6.07) is 8.05. The first-order valence-electron chi connectivity index (χ1n) is 7.04. The van der Waals surface area contributed by atoms with Crippen LogP contribution in [0.2, 0.25) is 0 Å². The zero-order valence-electron chi connectivity index (χ0n) is 12.6. The minimum atomic E-state index is -4.16. The van der Waals surface area contributed by atoms with Crippen LogP contribution in [0, 0.1) is 0 Å². The van der Waals surface area contributed by atoms with Crippen LogP contribution in [0.1, 0.15) is 24.8 Å². The molecule has 0 N–H and O–H groups in total. The van der Waals surface area contributed by atoms with E-state index >= 15 is 0 Å². The van der Waals surface area contributed by atoms with Gasteiger partial charge in [-0.3, -0.25) is 0 Å². The SMILES string of the molecule is CC/C(=C\c1sc2ccccc2[n+]1CCCS(=O)(=O)[O-])SC. The van der Waals surface area contributed by atoms with Gasteiger partial charge in [0.25, 0.3) is 5.01 Å². The van der Waals surface area contributed by atoms with E-state index in [-0.39, 0.29) is 5.75 Å². The number of benzene rings is 1. The number of para-hydroxylation sites is 1. The van der Waals surface area contributed by atoms with Gasteiger partial charge in [-0.15, -0.1) is 11.8 Å². The molecule has 4 nitrogen and oxygen atoms in total. The Bertz CT molecular complexity index is 772. The third-order valence-electron chi connectivity index (χ3n) is 3.31. The second-order valence-corrected chi connectivity index (χ2v) is 8.36. The molecule has 7 heteroatoms. The lowest BCUT2D eigenvalue weighted by atomic mass is 10.3. The first-order valence-corrected chi connectivity index (χ1v) is 10.7. The third-order valence-corrected chi connectivity index (χ3v) is 6.14. The molecule has 0 atom stereocenters. The van der Waals surface area contributed by atoms with E-state index in [4.69, 9.17) is 0 Å². The zero-order chi connectivity index (χ0) is 16.2. The van der Waals surface area contributed by atoms with Crippen molar-refractivity contribution in [3.8, 4) is 0 Å². The second kappa shape index (κ2) is 7.59. The molecule has 0 aliphatic heterocycles. The van der Waals surface area contributed by atoms with Gasteiger partial charge in [0.2, 0.25) is 5.52 Å². The van der Waals surface area contributed by atoms with Crippen molar-refractivity contribution < 1.29 is 17.5 Å². The van der Waals surface area contributed by atoms with Crippen LogP contribution in [0.3, 0.4) is 0 Å². The third kappa shape index (κ3) is 4.55. The molecule has 120 valence electrons. The summed E-state index contributed by atoms with van der Waals surface area (Å²) in [5.41, 5.74) is 1.08. The molecule has 1 aromatic carbocycles. The van der Waals surface area contributed by atoms with E-state index in [1.54, 1.807) is 23.1 Å². The standard InChI is InChI=1S/C15H19NO3S3/c1-3-12(20-2)11-15-16(9-6-10-22(17,18)19)13-7-4-5-8-14(13)21-15/h4-5,7-8,11H,3,6,9-10H2,1-2H3/b12-11+. The number of aryl methyl sites for hydroxylation is 1. The molecular weight excluding hydrogens is 338 g/mol. The smallest absolute Gasteiger partial charge is 0.263 e. The molecular formula is C15H19NO3S3. The van der Waals surface area contributed by atoms with Gasteiger partial charge in [0.1, 0.15) is 4.70 Å². The maximum Gasteiger partial charge on any atom is 0.263 e. The zero-order valence-corrected chi connectivity index (χ0v) is 15.1. The molecule has 2 rings (SSSR count). The molecule has 2 aromatic rings. The van der Waals surface area contributed by atoms with Gasteiger partial charge in [0.15, 0.2) is 6.54 Å². The quantitative estimate of drug-likeness (QED) is 0.564. The van der Waals surface area contributed by atoms with Crippen LogP contribution in [0.15, 0.2) is 29.2 Å². The lowest BCUT2D eigenvalue weighted by Crippen LogP contribution is -2.36. The molecule has 0 amide bonds. The Morgan fingerprint density at radius 1 is 1.41 bits per heavy atom. The van der Waals surface area contributed by atoms with Crippen molar-refractivity contribution in [3.63, 3.8) is 0 Å². The van der Waals surface area contributed by atoms with Crippen LogP contribution < -0.4 is 4.57 Å². The maximum absolute atomic E-state index is 10.8. The van der Waals surface area contributed by atoms with E-state index in [0.717, 1.165) is 21.6 Å². The van der Waals surface area contributed by atoms with Gasteiger partial charge in [0, 0.05) is 24.3 Å². The Morgan fingerprint density at radius 2 is 2.14 bits per heavy atom. The molecule has 1 aromatic heterocycles. The fraction of sp³-hybridized carbons (Fsp3) is 0.400. The molecule has 0 aliphatic rings. The largest absolute Gasteiger partial charge is 0.748 e. The highest BCUT2D eigenvalue weighted by atomic mass is 32.2. The molecule has 0 aliphatic carbocycles. The normalized spacial score (nSPS) is 13.0. The number of aromatic nitrogens is 1. The number of thiazole rings is 1. The van der Waals surface area contributed by atoms with Crippen molar-refractivity contribution >= 4 is 49.5 Å². The van der Waals surface area contributed by atoms with Crippen molar-refractivity contribution in [1.82, 2.24) is 0 Å². The molecule has 0 saturated carbocycles. The van der Waals surface area contributed by atoms with Crippen LogP contribution in [-0.4, -0.2) is 25.0 Å². The summed E-state index contributed by atoms with van der Waals surface area (Å²) in [6.07, 6.45) is 5.50. The highest BCUT2D eigenvalue weighted by Crippen LogP contribution is 2.25. The predicted molar refractivity (Wildman–Crippen MR) is 93.0 cm³/mol. The predicted octanol–water partition coefficient (Wildman–Crippen LogP) is 3.24. The molecule has 0 bridgehead atoms. The number of hydrogen-bond donors (Lipinski definition) is 0. The summed E-state index contributed by atoms with van der Waals surface area (Å²) in [7, 11) is -4.16. The van der Waals surface area contributed by atoms with Gasteiger partial charge in [-0.2, -0.15) is 4.57 Å². The van der Waals surface area contributed by atoms with Crippen LogP contribution in [0.4, 0.5) is 0 Å². The number of rotatable bonds is 7. The summed E-state index contributed by atoms with van der Waals surface area (Å²) >= 11 is 3.41. The van der Waals surface area contributed by atoms with Gasteiger partial charge < -0.3 is 4.55 Å². The second-order valence-electron chi connectivity index (χ2n) is 4.84. The van der Waals surface area contributed by atoms with Crippen LogP contribution in [0.5, 0.6) is 0 Å². The molecule has 0 spiro atoms. The molecule has 0 fully saturated rings. The topological polar surface area (TPSA) is 61.1 Å². The number of nitrogens with zero attached hydrogens (tertiary/aromatic N) is 1. The number of fused-ring (bicyclic) bond motifs is 1. The van der Waals surface area contributed by atoms with Crippen LogP contribution in [0.25, 0.3) is 16.3 Å². The van der Waals surface area contributed by atoms with Crippen molar-refractivity contribution in [2.24, 2.45) is 0 Å². The van der Waals surface area contributed by atoms with E-state index in [0.29, 0.717) is 13.0 Å². The summed E-state index contributed by atoms with van der Waals surface area (Å²) < 4.78 is 35.7. The monoisotopic (exact) mass is 357 g/mol. The Labute approximate surface area is 139 Å². The van der Waals surface area contributed by atoms with Gasteiger partial charge in [-0.25, -0.2) is 8.42 Å². The Hall–Kier alpha value is -0.890. The average Bonchev–Trinajstić information content (AvgIpc) is 2.81. The Balaban J connectivity index is 2.38. The first kappa shape index (κ1) is 17.5. The van der Waals surface area contributed by atoms with E-state index in [9.17, 15) is 13.0 Å². The summed E-state index contributed by atoms with van der Waals surface area (Å²) in [5, 5.41) is 1.09. The van der Waals surface area contributed by atoms with E-state index < -0.39 is 10.1 Å². The van der Waals surface area contributed by atoms with E-state index in [1.807, 2.05) is 18.2 Å². The lowest BCUT2D eigenvalue weighted by Gasteiger charge is -2.04. The highest BCUT2D eigenvalue weighted by molar-refractivity contribution is 8.02. The van der Waals surface area contributed by atoms with E-state index in [1.165, 1.54) is 4.91 Å². The molecule has 0 radical (unpaired) electrons. The molecule has 1 heterocycles. The minimum Gasteiger partial charge on any atom is -0.748 e. The van der Waals surface area contributed by atoms with Crippen LogP contribution >= 0.6 is 23.1 Å². The highest BCUT2D eigenvalue weighted by Gasteiger charge is 2.18. The Kier molecular flexibility index (Phi) is 6.02. The summed E-state index contributed by atoms with van der Waals surface area (Å²) in [6.45, 7) is 2.65. The van der Waals surface area contributed by atoms with Crippen LogP contribution in [-0.2, 0) is 16.7 Å². The first-order chi connectivity index (χ1) is 10.4. The summed E-state index contributed by atoms with van der Waals surface area (Å²) in [5.74, 6) is -0.323. The van der Waals surface area contributed by atoms with Gasteiger partial charge in [0.05, 0.1) is 10.1 Å². The Morgan fingerprint density at radius 3 is 2.77 bits per heavy atom. The van der Waals surface area contributed by atoms with Gasteiger partial charge in [-0.1, -0.05) is 30.4 Å². The van der Waals surface area contributed by atoms with Crippen molar-refractivity contribution in [2.75, 3.05) is 12.0 Å². The maximum atomic E-state index is 10.8. The van der Waals surface area contributed by atoms with Crippen molar-refractivity contribution in [1.29, 1.82) is 0 Å². The lowest BCUT2D eigenvalue weighted by molar-refractivity contribution is -0.668. The average molecular weight is 358 g/mol. The molecule has 0 unspecified atom stereocenters. The number of hydrogen-bond acceptors (Lipinski definition) is 5. The summed E-state index contributed by atoms with van der Waals surface area (Å²) in [4.78, 5) is 1.27. The van der Waals surface area contributed by atoms with Crippen molar-refractivity contribution in [3.05, 3.63) is 34.2 Å². The fourth-order valence-electron chi connectivity index (χ4n) is 2.23. The molecule has 0 saturated heterocycles. The van der Waals surface area contributed by atoms with Gasteiger partial charge in [-0.05, 0) is 23.6 Å². The fourth-order valence-corrected chi connectivity index (χ4v) is 4.46. The number of thioether (sulfide) groups is 1. The van der Waals surface area contributed by atoms with E-state index in [2.05, 4.69) is 29.9 Å².